The molecule has 0 aromatic heterocycles. The van der Waals surface area contributed by atoms with Crippen molar-refractivity contribution >= 4 is 10.0 Å². The zero-order valence-electron chi connectivity index (χ0n) is 8.54. The van der Waals surface area contributed by atoms with Gasteiger partial charge in [-0.25, -0.2) is 13.1 Å². The van der Waals surface area contributed by atoms with Gasteiger partial charge >= 0.3 is 0 Å². The summed E-state index contributed by atoms with van der Waals surface area (Å²) in [5.41, 5.74) is 0. The normalized spacial score (nSPS) is 14.4. The van der Waals surface area contributed by atoms with Crippen LogP contribution in [0.3, 0.4) is 0 Å². The number of hydrogen-bond acceptors (Lipinski definition) is 3. The summed E-state index contributed by atoms with van der Waals surface area (Å²) in [4.78, 5) is 0. The quantitative estimate of drug-likeness (QED) is 0.673. The molecule has 5 heteroatoms. The van der Waals surface area contributed by atoms with Crippen LogP contribution in [0.2, 0.25) is 0 Å². The second-order valence-electron chi connectivity index (χ2n) is 3.00. The van der Waals surface area contributed by atoms with Gasteiger partial charge in [-0.3, -0.25) is 0 Å². The monoisotopic (exact) mass is 209 g/mol. The standard InChI is InChI=1S/C8H19NO3S/c1-4-6-13(10,11)9-8(5-2)7-12-3/h8-9H,4-7H2,1-3H3. The summed E-state index contributed by atoms with van der Waals surface area (Å²) >= 11 is 0. The third-order valence-electron chi connectivity index (χ3n) is 1.68. The summed E-state index contributed by atoms with van der Waals surface area (Å²) in [5, 5.41) is 0. The second-order valence-corrected chi connectivity index (χ2v) is 4.87. The van der Waals surface area contributed by atoms with Gasteiger partial charge in [0.1, 0.15) is 0 Å². The molecular formula is C8H19NO3S. The molecule has 0 radical (unpaired) electrons. The lowest BCUT2D eigenvalue weighted by Gasteiger charge is -2.15. The molecule has 1 N–H and O–H groups in total. The maximum atomic E-state index is 11.3. The number of sulfonamides is 1. The first-order chi connectivity index (χ1) is 6.05. The summed E-state index contributed by atoms with van der Waals surface area (Å²) in [6, 6.07) is -0.0958. The number of rotatable bonds is 7. The van der Waals surface area contributed by atoms with Crippen LogP contribution in [-0.2, 0) is 14.8 Å². The van der Waals surface area contributed by atoms with Crippen LogP contribution in [-0.4, -0.2) is 33.9 Å². The molecule has 0 bridgehead atoms. The molecule has 80 valence electrons. The van der Waals surface area contributed by atoms with Crippen LogP contribution in [0.25, 0.3) is 0 Å². The Hall–Kier alpha value is -0.130. The van der Waals surface area contributed by atoms with E-state index in [4.69, 9.17) is 4.74 Å². The maximum absolute atomic E-state index is 11.3. The molecule has 0 aliphatic heterocycles. The van der Waals surface area contributed by atoms with E-state index in [1.807, 2.05) is 13.8 Å². The van der Waals surface area contributed by atoms with Crippen LogP contribution in [0, 0.1) is 0 Å². The van der Waals surface area contributed by atoms with Gasteiger partial charge in [-0.1, -0.05) is 13.8 Å². The van der Waals surface area contributed by atoms with Crippen molar-refractivity contribution in [2.75, 3.05) is 19.5 Å². The van der Waals surface area contributed by atoms with Crippen molar-refractivity contribution < 1.29 is 13.2 Å². The first kappa shape index (κ1) is 12.9. The van der Waals surface area contributed by atoms with Gasteiger partial charge in [0.25, 0.3) is 0 Å². The van der Waals surface area contributed by atoms with Crippen LogP contribution < -0.4 is 4.72 Å². The fourth-order valence-electron chi connectivity index (χ4n) is 1.02. The number of methoxy groups -OCH3 is 1. The van der Waals surface area contributed by atoms with Crippen molar-refractivity contribution in [2.45, 2.75) is 32.7 Å². The van der Waals surface area contributed by atoms with Gasteiger partial charge < -0.3 is 4.74 Å². The molecular weight excluding hydrogens is 190 g/mol. The van der Waals surface area contributed by atoms with Crippen LogP contribution in [0.4, 0.5) is 0 Å². The molecule has 0 rings (SSSR count). The molecule has 0 fully saturated rings. The van der Waals surface area contributed by atoms with E-state index in [2.05, 4.69) is 4.72 Å². The molecule has 13 heavy (non-hydrogen) atoms. The molecule has 0 amide bonds. The largest absolute Gasteiger partial charge is 0.383 e. The molecule has 0 aliphatic carbocycles. The molecule has 0 saturated carbocycles. The van der Waals surface area contributed by atoms with Crippen LogP contribution in [0.1, 0.15) is 26.7 Å². The summed E-state index contributed by atoms with van der Waals surface area (Å²) in [6.45, 7) is 4.20. The molecule has 0 saturated heterocycles. The van der Waals surface area contributed by atoms with Gasteiger partial charge in [0.05, 0.1) is 12.4 Å². The molecule has 1 unspecified atom stereocenters. The molecule has 0 aromatic rings. The Labute approximate surface area is 80.7 Å². The topological polar surface area (TPSA) is 55.4 Å². The summed E-state index contributed by atoms with van der Waals surface area (Å²) in [7, 11) is -1.53. The molecule has 0 aliphatic rings. The second kappa shape index (κ2) is 6.34. The van der Waals surface area contributed by atoms with Crippen LogP contribution in [0.5, 0.6) is 0 Å². The van der Waals surface area contributed by atoms with E-state index in [9.17, 15) is 8.42 Å². The van der Waals surface area contributed by atoms with E-state index in [0.717, 1.165) is 6.42 Å². The lowest BCUT2D eigenvalue weighted by Crippen LogP contribution is -2.38. The van der Waals surface area contributed by atoms with E-state index >= 15 is 0 Å². The Kier molecular flexibility index (Phi) is 6.28. The van der Waals surface area contributed by atoms with Crippen molar-refractivity contribution in [3.8, 4) is 0 Å². The van der Waals surface area contributed by atoms with Gasteiger partial charge in [-0.15, -0.1) is 0 Å². The number of ether oxygens (including phenoxy) is 1. The lowest BCUT2D eigenvalue weighted by atomic mass is 10.3. The third kappa shape index (κ3) is 6.01. The first-order valence-corrected chi connectivity index (χ1v) is 6.19. The highest BCUT2D eigenvalue weighted by Gasteiger charge is 2.14. The predicted octanol–water partition coefficient (Wildman–Crippen LogP) is 0.741. The Morgan fingerprint density at radius 1 is 1.38 bits per heavy atom. The van der Waals surface area contributed by atoms with Gasteiger partial charge in [0.15, 0.2) is 0 Å². The SMILES string of the molecule is CCCS(=O)(=O)NC(CC)COC. The first-order valence-electron chi connectivity index (χ1n) is 4.54. The Balaban J connectivity index is 4.06. The highest BCUT2D eigenvalue weighted by atomic mass is 32.2. The van der Waals surface area contributed by atoms with Crippen molar-refractivity contribution in [3.63, 3.8) is 0 Å². The fourth-order valence-corrected chi connectivity index (χ4v) is 2.42. The highest BCUT2D eigenvalue weighted by Crippen LogP contribution is 1.96. The Morgan fingerprint density at radius 3 is 2.38 bits per heavy atom. The smallest absolute Gasteiger partial charge is 0.211 e. The van der Waals surface area contributed by atoms with Gasteiger partial charge in [0.2, 0.25) is 10.0 Å². The Bertz CT molecular complexity index is 213. The van der Waals surface area contributed by atoms with Gasteiger partial charge in [-0.05, 0) is 12.8 Å². The predicted molar refractivity (Wildman–Crippen MR) is 53.2 cm³/mol. The van der Waals surface area contributed by atoms with Crippen molar-refractivity contribution in [2.24, 2.45) is 0 Å². The van der Waals surface area contributed by atoms with E-state index < -0.39 is 10.0 Å². The van der Waals surface area contributed by atoms with E-state index in [1.165, 1.54) is 0 Å². The van der Waals surface area contributed by atoms with Crippen molar-refractivity contribution in [1.82, 2.24) is 4.72 Å². The summed E-state index contributed by atoms with van der Waals surface area (Å²) in [6.07, 6.45) is 1.38. The van der Waals surface area contributed by atoms with Crippen LogP contribution >= 0.6 is 0 Å². The molecule has 4 nitrogen and oxygen atoms in total. The zero-order chi connectivity index (χ0) is 10.3. The van der Waals surface area contributed by atoms with Gasteiger partial charge in [0, 0.05) is 13.2 Å². The van der Waals surface area contributed by atoms with E-state index in [-0.39, 0.29) is 11.8 Å². The molecule has 1 atom stereocenters. The fraction of sp³-hybridized carbons (Fsp3) is 1.00. The van der Waals surface area contributed by atoms with E-state index in [0.29, 0.717) is 13.0 Å². The molecule has 0 aromatic carbocycles. The van der Waals surface area contributed by atoms with Crippen LogP contribution in [0.15, 0.2) is 0 Å². The molecule has 0 heterocycles. The van der Waals surface area contributed by atoms with Crippen molar-refractivity contribution in [3.05, 3.63) is 0 Å². The average Bonchev–Trinajstić information content (AvgIpc) is 2.03. The van der Waals surface area contributed by atoms with Crippen molar-refractivity contribution in [1.29, 1.82) is 0 Å². The third-order valence-corrected chi connectivity index (χ3v) is 3.32. The van der Waals surface area contributed by atoms with Gasteiger partial charge in [-0.2, -0.15) is 0 Å². The summed E-state index contributed by atoms with van der Waals surface area (Å²) in [5.74, 6) is 0.188. The minimum absolute atomic E-state index is 0.0958. The zero-order valence-corrected chi connectivity index (χ0v) is 9.36. The van der Waals surface area contributed by atoms with E-state index in [1.54, 1.807) is 7.11 Å². The number of hydrogen-bond donors (Lipinski definition) is 1. The highest BCUT2D eigenvalue weighted by molar-refractivity contribution is 7.89. The minimum atomic E-state index is -3.10. The summed E-state index contributed by atoms with van der Waals surface area (Å²) < 4.78 is 30.1. The minimum Gasteiger partial charge on any atom is -0.383 e. The molecule has 0 spiro atoms. The average molecular weight is 209 g/mol. The lowest BCUT2D eigenvalue weighted by molar-refractivity contribution is 0.173. The number of nitrogens with one attached hydrogen (secondary N) is 1. The Morgan fingerprint density at radius 2 is 2.00 bits per heavy atom. The maximum Gasteiger partial charge on any atom is 0.211 e.